The fourth-order valence-corrected chi connectivity index (χ4v) is 4.16. The second kappa shape index (κ2) is 12.6. The number of rotatable bonds is 12. The molecule has 1 heterocycles. The van der Waals surface area contributed by atoms with Gasteiger partial charge in [-0.3, -0.25) is 4.90 Å². The van der Waals surface area contributed by atoms with Gasteiger partial charge in [0.2, 0.25) is 5.88 Å². The summed E-state index contributed by atoms with van der Waals surface area (Å²) in [5.41, 5.74) is 3.21. The number of methoxy groups -OCH3 is 1. The summed E-state index contributed by atoms with van der Waals surface area (Å²) in [4.78, 5) is 2.06. The zero-order valence-electron chi connectivity index (χ0n) is 21.0. The van der Waals surface area contributed by atoms with E-state index in [4.69, 9.17) is 9.47 Å². The average Bonchev–Trinajstić information content (AvgIpc) is 3.19. The van der Waals surface area contributed by atoms with Gasteiger partial charge in [-0.05, 0) is 43.2 Å². The standard InChI is InChI=1S/C29H31F2N3O3/c1-21-26(20-33(15-16-36-2)19-25(35)17-22-9-5-3-6-10-22)29(34(32-21)24-11-7-4-8-12-24)37-28-14-13-23(30)18-27(28)31/h3-14,18,25,35H,15-17,19-20H2,1-2H3/t25-/m1/s1. The number of aliphatic hydroxyl groups excluding tert-OH is 1. The number of aromatic nitrogens is 2. The summed E-state index contributed by atoms with van der Waals surface area (Å²) in [6, 6.07) is 22.4. The highest BCUT2D eigenvalue weighted by Crippen LogP contribution is 2.33. The van der Waals surface area contributed by atoms with Gasteiger partial charge in [0.1, 0.15) is 5.82 Å². The molecule has 4 rings (SSSR count). The smallest absolute Gasteiger partial charge is 0.227 e. The van der Waals surface area contributed by atoms with Crippen LogP contribution in [-0.4, -0.2) is 52.7 Å². The molecule has 0 bridgehead atoms. The van der Waals surface area contributed by atoms with Crippen molar-refractivity contribution in [1.29, 1.82) is 0 Å². The van der Waals surface area contributed by atoms with Crippen LogP contribution in [0.4, 0.5) is 8.78 Å². The fourth-order valence-electron chi connectivity index (χ4n) is 4.16. The molecule has 6 nitrogen and oxygen atoms in total. The molecular formula is C29H31F2N3O3. The summed E-state index contributed by atoms with van der Waals surface area (Å²) in [6.45, 7) is 3.65. The van der Waals surface area contributed by atoms with Crippen LogP contribution < -0.4 is 4.74 Å². The van der Waals surface area contributed by atoms with Crippen molar-refractivity contribution in [3.63, 3.8) is 0 Å². The van der Waals surface area contributed by atoms with E-state index in [2.05, 4.69) is 10.00 Å². The lowest BCUT2D eigenvalue weighted by Crippen LogP contribution is -2.35. The Balaban J connectivity index is 1.65. The highest BCUT2D eigenvalue weighted by Gasteiger charge is 2.23. The van der Waals surface area contributed by atoms with Gasteiger partial charge in [-0.1, -0.05) is 48.5 Å². The van der Waals surface area contributed by atoms with Crippen molar-refractivity contribution in [1.82, 2.24) is 14.7 Å². The molecule has 0 spiro atoms. The van der Waals surface area contributed by atoms with Crippen LogP contribution in [0.25, 0.3) is 5.69 Å². The van der Waals surface area contributed by atoms with Gasteiger partial charge in [0.15, 0.2) is 11.6 Å². The first-order chi connectivity index (χ1) is 17.9. The Morgan fingerprint density at radius 3 is 2.38 bits per heavy atom. The Bertz CT molecular complexity index is 1280. The van der Waals surface area contributed by atoms with Gasteiger partial charge >= 0.3 is 0 Å². The Morgan fingerprint density at radius 1 is 1.00 bits per heavy atom. The molecule has 37 heavy (non-hydrogen) atoms. The average molecular weight is 508 g/mol. The van der Waals surface area contributed by atoms with Crippen LogP contribution in [0.15, 0.2) is 78.9 Å². The number of hydrogen-bond acceptors (Lipinski definition) is 5. The number of aryl methyl sites for hydroxylation is 1. The summed E-state index contributed by atoms with van der Waals surface area (Å²) in [5, 5.41) is 15.5. The third-order valence-electron chi connectivity index (χ3n) is 6.02. The molecule has 8 heteroatoms. The Morgan fingerprint density at radius 2 is 1.70 bits per heavy atom. The SMILES string of the molecule is COCCN(Cc1c(C)nn(-c2ccccc2)c1Oc1ccc(F)cc1F)C[C@H](O)Cc1ccccc1. The topological polar surface area (TPSA) is 59.8 Å². The lowest BCUT2D eigenvalue weighted by atomic mass is 10.1. The van der Waals surface area contributed by atoms with Gasteiger partial charge in [0.05, 0.1) is 29.7 Å². The molecule has 0 saturated heterocycles. The summed E-state index contributed by atoms with van der Waals surface area (Å²) in [5.74, 6) is -1.27. The maximum absolute atomic E-state index is 14.6. The van der Waals surface area contributed by atoms with Gasteiger partial charge in [0.25, 0.3) is 0 Å². The van der Waals surface area contributed by atoms with Crippen molar-refractivity contribution in [2.75, 3.05) is 26.8 Å². The molecule has 1 atom stereocenters. The van der Waals surface area contributed by atoms with Crippen molar-refractivity contribution in [3.05, 3.63) is 107 Å². The number of hydrogen-bond donors (Lipinski definition) is 1. The van der Waals surface area contributed by atoms with Crippen LogP contribution in [0.1, 0.15) is 16.8 Å². The molecule has 0 aliphatic heterocycles. The third-order valence-corrected chi connectivity index (χ3v) is 6.02. The summed E-state index contributed by atoms with van der Waals surface area (Å²) in [6.07, 6.45) is -0.0980. The largest absolute Gasteiger partial charge is 0.435 e. The maximum Gasteiger partial charge on any atom is 0.227 e. The molecule has 194 valence electrons. The highest BCUT2D eigenvalue weighted by molar-refractivity contribution is 5.43. The van der Waals surface area contributed by atoms with E-state index in [0.29, 0.717) is 44.2 Å². The molecular weight excluding hydrogens is 476 g/mol. The van der Waals surface area contributed by atoms with Crippen LogP contribution >= 0.6 is 0 Å². The molecule has 0 radical (unpaired) electrons. The van der Waals surface area contributed by atoms with Gasteiger partial charge < -0.3 is 14.6 Å². The van der Waals surface area contributed by atoms with Gasteiger partial charge in [-0.25, -0.2) is 13.5 Å². The first kappa shape index (κ1) is 26.5. The zero-order chi connectivity index (χ0) is 26.2. The lowest BCUT2D eigenvalue weighted by molar-refractivity contribution is 0.0846. The highest BCUT2D eigenvalue weighted by atomic mass is 19.1. The van der Waals surface area contributed by atoms with E-state index in [1.54, 1.807) is 11.8 Å². The zero-order valence-corrected chi connectivity index (χ0v) is 21.0. The fraction of sp³-hybridized carbons (Fsp3) is 0.276. The minimum absolute atomic E-state index is 0.104. The number of aliphatic hydroxyl groups is 1. The molecule has 0 saturated carbocycles. The molecule has 0 amide bonds. The Kier molecular flexibility index (Phi) is 9.00. The Hall–Kier alpha value is -3.59. The van der Waals surface area contributed by atoms with Crippen LogP contribution in [0.2, 0.25) is 0 Å². The van der Waals surface area contributed by atoms with Gasteiger partial charge in [-0.2, -0.15) is 5.10 Å². The molecule has 0 aliphatic rings. The van der Waals surface area contributed by atoms with Crippen LogP contribution in [0.3, 0.4) is 0 Å². The van der Waals surface area contributed by atoms with E-state index in [0.717, 1.165) is 28.9 Å². The monoisotopic (exact) mass is 507 g/mol. The van der Waals surface area contributed by atoms with Crippen molar-refractivity contribution in [3.8, 4) is 17.3 Å². The molecule has 0 unspecified atom stereocenters. The first-order valence-electron chi connectivity index (χ1n) is 12.1. The number of halogens is 2. The number of benzene rings is 3. The van der Waals surface area contributed by atoms with Crippen molar-refractivity contribution >= 4 is 0 Å². The molecule has 1 aromatic heterocycles. The van der Waals surface area contributed by atoms with E-state index in [1.165, 1.54) is 6.07 Å². The predicted molar refractivity (Wildman–Crippen MR) is 138 cm³/mol. The number of nitrogens with zero attached hydrogens (tertiary/aromatic N) is 3. The van der Waals surface area contributed by atoms with E-state index in [1.807, 2.05) is 67.6 Å². The minimum atomic E-state index is -0.807. The molecule has 0 fully saturated rings. The Labute approximate surface area is 215 Å². The van der Waals surface area contributed by atoms with E-state index >= 15 is 0 Å². The van der Waals surface area contributed by atoms with Crippen LogP contribution in [0, 0.1) is 18.6 Å². The number of para-hydroxylation sites is 1. The summed E-state index contributed by atoms with van der Waals surface area (Å²) in [7, 11) is 1.63. The van der Waals surface area contributed by atoms with Gasteiger partial charge in [0, 0.05) is 32.8 Å². The molecule has 3 aromatic carbocycles. The quantitative estimate of drug-likeness (QED) is 0.282. The van der Waals surface area contributed by atoms with Crippen molar-refractivity contribution in [2.24, 2.45) is 0 Å². The normalized spacial score (nSPS) is 12.2. The molecule has 0 aliphatic carbocycles. The summed E-state index contributed by atoms with van der Waals surface area (Å²) >= 11 is 0. The predicted octanol–water partition coefficient (Wildman–Crippen LogP) is 5.30. The van der Waals surface area contributed by atoms with Crippen LogP contribution in [0.5, 0.6) is 11.6 Å². The van der Waals surface area contributed by atoms with E-state index in [9.17, 15) is 13.9 Å². The van der Waals surface area contributed by atoms with Gasteiger partial charge in [-0.15, -0.1) is 0 Å². The lowest BCUT2D eigenvalue weighted by Gasteiger charge is -2.25. The maximum atomic E-state index is 14.6. The minimum Gasteiger partial charge on any atom is -0.435 e. The van der Waals surface area contributed by atoms with Crippen LogP contribution in [-0.2, 0) is 17.7 Å². The van der Waals surface area contributed by atoms with Crippen molar-refractivity contribution < 1.29 is 23.4 Å². The molecule has 1 N–H and O–H groups in total. The second-order valence-corrected chi connectivity index (χ2v) is 8.86. The number of ether oxygens (including phenoxy) is 2. The third kappa shape index (κ3) is 7.01. The summed E-state index contributed by atoms with van der Waals surface area (Å²) < 4.78 is 41.1. The second-order valence-electron chi connectivity index (χ2n) is 8.86. The first-order valence-corrected chi connectivity index (χ1v) is 12.1. The molecule has 4 aromatic rings. The van der Waals surface area contributed by atoms with Crippen molar-refractivity contribution in [2.45, 2.75) is 26.0 Å². The van der Waals surface area contributed by atoms with E-state index in [-0.39, 0.29) is 5.75 Å². The van der Waals surface area contributed by atoms with E-state index < -0.39 is 17.7 Å².